The molecule has 0 radical (unpaired) electrons. The second kappa shape index (κ2) is 6.83. The highest BCUT2D eigenvalue weighted by Gasteiger charge is 2.22. The largest absolute Gasteiger partial charge is 0.507 e. The number of phenols is 2. The SMILES string of the molecule is C=CCNC(=O)[C@H](C)OC(=O)c1cc(O)c2ccccc2c1O. The van der Waals surface area contributed by atoms with Gasteiger partial charge in [-0.25, -0.2) is 4.79 Å². The molecule has 1 atom stereocenters. The first-order valence-electron chi connectivity index (χ1n) is 6.99. The van der Waals surface area contributed by atoms with Gasteiger partial charge in [0.25, 0.3) is 5.91 Å². The van der Waals surface area contributed by atoms with E-state index in [2.05, 4.69) is 11.9 Å². The monoisotopic (exact) mass is 315 g/mol. The van der Waals surface area contributed by atoms with Crippen molar-refractivity contribution in [3.63, 3.8) is 0 Å². The van der Waals surface area contributed by atoms with Gasteiger partial charge in [-0.2, -0.15) is 0 Å². The van der Waals surface area contributed by atoms with Gasteiger partial charge in [0.05, 0.1) is 0 Å². The van der Waals surface area contributed by atoms with E-state index in [1.165, 1.54) is 13.0 Å². The highest BCUT2D eigenvalue weighted by molar-refractivity contribution is 6.04. The molecule has 0 saturated carbocycles. The Morgan fingerprint density at radius 1 is 1.30 bits per heavy atom. The third-order valence-corrected chi connectivity index (χ3v) is 3.29. The molecule has 3 N–H and O–H groups in total. The van der Waals surface area contributed by atoms with Crippen LogP contribution in [0.4, 0.5) is 0 Å². The zero-order valence-electron chi connectivity index (χ0n) is 12.6. The van der Waals surface area contributed by atoms with E-state index in [-0.39, 0.29) is 23.6 Å². The zero-order chi connectivity index (χ0) is 17.0. The Balaban J connectivity index is 2.26. The summed E-state index contributed by atoms with van der Waals surface area (Å²) in [5, 5.41) is 23.4. The topological polar surface area (TPSA) is 95.9 Å². The van der Waals surface area contributed by atoms with Crippen LogP contribution in [0.1, 0.15) is 17.3 Å². The summed E-state index contributed by atoms with van der Waals surface area (Å²) in [6.45, 7) is 5.13. The third-order valence-electron chi connectivity index (χ3n) is 3.29. The van der Waals surface area contributed by atoms with Crippen LogP contribution in [0.3, 0.4) is 0 Å². The number of ether oxygens (including phenoxy) is 1. The number of aromatic hydroxyl groups is 2. The van der Waals surface area contributed by atoms with E-state index in [1.807, 2.05) is 0 Å². The molecule has 0 unspecified atom stereocenters. The summed E-state index contributed by atoms with van der Waals surface area (Å²) in [5.74, 6) is -1.84. The summed E-state index contributed by atoms with van der Waals surface area (Å²) in [6.07, 6.45) is 0.454. The molecular formula is C17H17NO5. The Morgan fingerprint density at radius 3 is 2.61 bits per heavy atom. The number of nitrogens with one attached hydrogen (secondary N) is 1. The Bertz CT molecular complexity index is 769. The minimum Gasteiger partial charge on any atom is -0.507 e. The van der Waals surface area contributed by atoms with Crippen molar-refractivity contribution in [2.75, 3.05) is 6.54 Å². The minimum absolute atomic E-state index is 0.158. The molecule has 6 nitrogen and oxygen atoms in total. The maximum Gasteiger partial charge on any atom is 0.342 e. The second-order valence-electron chi connectivity index (χ2n) is 4.92. The maximum atomic E-state index is 12.2. The molecule has 2 aromatic rings. The molecule has 6 heteroatoms. The highest BCUT2D eigenvalue weighted by Crippen LogP contribution is 2.35. The molecule has 0 aromatic heterocycles. The van der Waals surface area contributed by atoms with E-state index in [0.29, 0.717) is 10.8 Å². The lowest BCUT2D eigenvalue weighted by Gasteiger charge is -2.14. The van der Waals surface area contributed by atoms with Crippen molar-refractivity contribution in [2.24, 2.45) is 0 Å². The van der Waals surface area contributed by atoms with Gasteiger partial charge in [-0.3, -0.25) is 4.79 Å². The number of carbonyl (C=O) groups is 2. The lowest BCUT2D eigenvalue weighted by atomic mass is 10.0. The molecule has 0 fully saturated rings. The number of hydrogen-bond acceptors (Lipinski definition) is 5. The van der Waals surface area contributed by atoms with Gasteiger partial charge in [0.1, 0.15) is 17.1 Å². The molecule has 2 aromatic carbocycles. The summed E-state index contributed by atoms with van der Waals surface area (Å²) >= 11 is 0. The van der Waals surface area contributed by atoms with Crippen LogP contribution in [0.5, 0.6) is 11.5 Å². The summed E-state index contributed by atoms with van der Waals surface area (Å²) < 4.78 is 5.02. The van der Waals surface area contributed by atoms with Gasteiger partial charge in [0.15, 0.2) is 6.10 Å². The van der Waals surface area contributed by atoms with Crippen molar-refractivity contribution < 1.29 is 24.5 Å². The number of rotatable bonds is 5. The van der Waals surface area contributed by atoms with Gasteiger partial charge in [0, 0.05) is 17.3 Å². The molecule has 0 aliphatic carbocycles. The van der Waals surface area contributed by atoms with E-state index in [9.17, 15) is 19.8 Å². The van der Waals surface area contributed by atoms with Crippen molar-refractivity contribution in [1.82, 2.24) is 5.32 Å². The molecule has 1 amide bonds. The minimum atomic E-state index is -1.05. The van der Waals surface area contributed by atoms with Crippen LogP contribution >= 0.6 is 0 Å². The van der Waals surface area contributed by atoms with Gasteiger partial charge >= 0.3 is 5.97 Å². The normalized spacial score (nSPS) is 11.7. The van der Waals surface area contributed by atoms with Crippen LogP contribution < -0.4 is 5.32 Å². The predicted octanol–water partition coefficient (Wildman–Crippen LogP) is 2.10. The van der Waals surface area contributed by atoms with Crippen LogP contribution in [0, 0.1) is 0 Å². The summed E-state index contributed by atoms with van der Waals surface area (Å²) in [5.41, 5.74) is -0.204. The lowest BCUT2D eigenvalue weighted by molar-refractivity contribution is -0.128. The Hall–Kier alpha value is -3.02. The molecule has 2 rings (SSSR count). The highest BCUT2D eigenvalue weighted by atomic mass is 16.5. The molecular weight excluding hydrogens is 298 g/mol. The molecule has 0 aliphatic rings. The number of esters is 1. The van der Waals surface area contributed by atoms with Crippen molar-refractivity contribution in [2.45, 2.75) is 13.0 Å². The fourth-order valence-electron chi connectivity index (χ4n) is 2.09. The molecule has 0 heterocycles. The van der Waals surface area contributed by atoms with Gasteiger partial charge in [-0.1, -0.05) is 30.3 Å². The molecule has 23 heavy (non-hydrogen) atoms. The zero-order valence-corrected chi connectivity index (χ0v) is 12.6. The van der Waals surface area contributed by atoms with Crippen LogP contribution in [-0.2, 0) is 9.53 Å². The van der Waals surface area contributed by atoms with E-state index in [4.69, 9.17) is 4.74 Å². The fraction of sp³-hybridized carbons (Fsp3) is 0.176. The van der Waals surface area contributed by atoms with Gasteiger partial charge in [0.2, 0.25) is 0 Å². The molecule has 0 bridgehead atoms. The van der Waals surface area contributed by atoms with Gasteiger partial charge in [-0.15, -0.1) is 6.58 Å². The molecule has 120 valence electrons. The van der Waals surface area contributed by atoms with Crippen molar-refractivity contribution in [3.8, 4) is 11.5 Å². The second-order valence-corrected chi connectivity index (χ2v) is 4.92. The van der Waals surface area contributed by atoms with Crippen LogP contribution in [0.2, 0.25) is 0 Å². The maximum absolute atomic E-state index is 12.2. The predicted molar refractivity (Wildman–Crippen MR) is 85.4 cm³/mol. The first kappa shape index (κ1) is 16.4. The van der Waals surface area contributed by atoms with Crippen LogP contribution in [0.15, 0.2) is 43.0 Å². The summed E-state index contributed by atoms with van der Waals surface area (Å²) in [6, 6.07) is 7.67. The van der Waals surface area contributed by atoms with Gasteiger partial charge < -0.3 is 20.3 Å². The molecule has 0 spiro atoms. The quantitative estimate of drug-likeness (QED) is 0.446. The number of fused-ring (bicyclic) bond motifs is 1. The lowest BCUT2D eigenvalue weighted by Crippen LogP contribution is -2.35. The smallest absolute Gasteiger partial charge is 0.342 e. The van der Waals surface area contributed by atoms with E-state index >= 15 is 0 Å². The van der Waals surface area contributed by atoms with Crippen molar-refractivity contribution in [3.05, 3.63) is 48.6 Å². The average Bonchev–Trinajstić information content (AvgIpc) is 2.55. The summed E-state index contributed by atoms with van der Waals surface area (Å²) in [7, 11) is 0. The Kier molecular flexibility index (Phi) is 4.85. The number of carbonyl (C=O) groups excluding carboxylic acids is 2. The number of benzene rings is 2. The van der Waals surface area contributed by atoms with Crippen LogP contribution in [-0.4, -0.2) is 34.7 Å². The number of phenolic OH excluding ortho intramolecular Hbond substituents is 2. The van der Waals surface area contributed by atoms with E-state index < -0.39 is 18.0 Å². The molecule has 0 aliphatic heterocycles. The first-order chi connectivity index (χ1) is 11.0. The van der Waals surface area contributed by atoms with Crippen molar-refractivity contribution >= 4 is 22.6 Å². The fourth-order valence-corrected chi connectivity index (χ4v) is 2.09. The number of amides is 1. The molecule has 0 saturated heterocycles. The van der Waals surface area contributed by atoms with Crippen molar-refractivity contribution in [1.29, 1.82) is 0 Å². The van der Waals surface area contributed by atoms with E-state index in [0.717, 1.165) is 6.07 Å². The van der Waals surface area contributed by atoms with Crippen LogP contribution in [0.25, 0.3) is 10.8 Å². The Labute approximate surface area is 133 Å². The standard InChI is InChI=1S/C17H17NO5/c1-3-8-18-16(21)10(2)23-17(22)13-9-14(19)11-6-4-5-7-12(11)15(13)20/h3-7,9-10,19-20H,1,8H2,2H3,(H,18,21)/t10-/m0/s1. The van der Waals surface area contributed by atoms with E-state index in [1.54, 1.807) is 24.3 Å². The third kappa shape index (κ3) is 3.42. The first-order valence-corrected chi connectivity index (χ1v) is 6.99. The average molecular weight is 315 g/mol. The summed E-state index contributed by atoms with van der Waals surface area (Å²) in [4.78, 5) is 23.8. The van der Waals surface area contributed by atoms with Gasteiger partial charge in [-0.05, 0) is 13.0 Å². The number of hydrogen-bond donors (Lipinski definition) is 3. The Morgan fingerprint density at radius 2 is 1.96 bits per heavy atom.